The Morgan fingerprint density at radius 3 is 2.48 bits per heavy atom. The monoisotopic (exact) mass is 336 g/mol. The van der Waals surface area contributed by atoms with Crippen molar-refractivity contribution in [2.75, 3.05) is 13.0 Å². The van der Waals surface area contributed by atoms with Gasteiger partial charge in [-0.3, -0.25) is 9.78 Å². The average Bonchev–Trinajstić information content (AvgIpc) is 2.28. The maximum absolute atomic E-state index is 11.4. The molecular formula is C10H15N2Na2O6P. The zero-order chi connectivity index (χ0) is 14.5. The van der Waals surface area contributed by atoms with Crippen molar-refractivity contribution in [3.05, 3.63) is 32.6 Å². The van der Waals surface area contributed by atoms with Gasteiger partial charge in [0.2, 0.25) is 0 Å². The molecule has 21 heavy (non-hydrogen) atoms. The first-order valence-corrected chi connectivity index (χ1v) is 7.41. The summed E-state index contributed by atoms with van der Waals surface area (Å²) in [5, 5.41) is 0. The van der Waals surface area contributed by atoms with E-state index in [9.17, 15) is 23.9 Å². The molecule has 1 aromatic rings. The van der Waals surface area contributed by atoms with Gasteiger partial charge in [0.1, 0.15) is 0 Å². The Labute approximate surface area is 166 Å². The molecule has 0 atom stereocenters. The Morgan fingerprint density at radius 2 is 1.90 bits per heavy atom. The van der Waals surface area contributed by atoms with Crippen LogP contribution in [0.5, 0.6) is 0 Å². The van der Waals surface area contributed by atoms with Gasteiger partial charge in [0.25, 0.3) is 5.56 Å². The predicted molar refractivity (Wildman–Crippen MR) is 63.7 cm³/mol. The molecule has 1 N–H and O–H groups in total. The normalized spacial score (nSPS) is 10.6. The molecule has 0 aromatic carbocycles. The molecule has 0 saturated carbocycles. The summed E-state index contributed by atoms with van der Waals surface area (Å²) in [5.74, 6) is 0. The number of rotatable bonds is 7. The number of ether oxygens (including phenoxy) is 1. The summed E-state index contributed by atoms with van der Waals surface area (Å²) in [4.78, 5) is 45.2. The molecule has 0 aliphatic rings. The molecular weight excluding hydrogens is 321 g/mol. The second kappa shape index (κ2) is 11.3. The van der Waals surface area contributed by atoms with E-state index in [-0.39, 0.29) is 65.7 Å². The molecule has 8 nitrogen and oxygen atoms in total. The van der Waals surface area contributed by atoms with Gasteiger partial charge in [-0.25, -0.2) is 4.79 Å². The van der Waals surface area contributed by atoms with E-state index in [1.807, 2.05) is 0 Å². The van der Waals surface area contributed by atoms with Gasteiger partial charge in [-0.05, 0) is 27.4 Å². The molecule has 1 aromatic heterocycles. The van der Waals surface area contributed by atoms with Crippen LogP contribution in [-0.4, -0.2) is 22.5 Å². The fourth-order valence-electron chi connectivity index (χ4n) is 1.45. The van der Waals surface area contributed by atoms with E-state index in [1.54, 1.807) is 6.92 Å². The van der Waals surface area contributed by atoms with E-state index in [2.05, 4.69) is 9.72 Å². The Bertz CT molecular complexity index is 582. The van der Waals surface area contributed by atoms with Crippen molar-refractivity contribution in [1.82, 2.24) is 9.55 Å². The standard InChI is InChI=1S/C10H17N2O6P.2Na/c1-8-6-12(10(14)11-9(8)13)4-2-3-5-18-7-19(15,16)17;;/h6H,2-5,7H2,1H3,(H,11,13,14)(H2,15,16,17);;/q;2*+1/p-2. The minimum atomic E-state index is -4.61. The van der Waals surface area contributed by atoms with Crippen molar-refractivity contribution in [1.29, 1.82) is 0 Å². The van der Waals surface area contributed by atoms with Crippen LogP contribution in [0.2, 0.25) is 0 Å². The van der Waals surface area contributed by atoms with Crippen molar-refractivity contribution < 1.29 is 78.2 Å². The molecule has 1 rings (SSSR count). The van der Waals surface area contributed by atoms with Gasteiger partial charge >= 0.3 is 64.8 Å². The first kappa shape index (κ1) is 24.0. The Hall–Kier alpha value is 0.790. The number of aromatic amines is 1. The molecule has 1 heterocycles. The number of hydrogen-bond acceptors (Lipinski definition) is 6. The summed E-state index contributed by atoms with van der Waals surface area (Å²) in [6, 6.07) is 0. The van der Waals surface area contributed by atoms with Crippen molar-refractivity contribution in [2.24, 2.45) is 0 Å². The van der Waals surface area contributed by atoms with Crippen LogP contribution in [0.25, 0.3) is 0 Å². The van der Waals surface area contributed by atoms with Gasteiger partial charge in [-0.15, -0.1) is 0 Å². The van der Waals surface area contributed by atoms with Gasteiger partial charge in [-0.2, -0.15) is 0 Å². The van der Waals surface area contributed by atoms with E-state index >= 15 is 0 Å². The quantitative estimate of drug-likeness (QED) is 0.299. The number of nitrogens with zero attached hydrogens (tertiary/aromatic N) is 1. The van der Waals surface area contributed by atoms with E-state index in [1.165, 1.54) is 10.8 Å². The van der Waals surface area contributed by atoms with Crippen molar-refractivity contribution in [3.63, 3.8) is 0 Å². The van der Waals surface area contributed by atoms with Crippen LogP contribution in [0.1, 0.15) is 18.4 Å². The van der Waals surface area contributed by atoms with Crippen molar-refractivity contribution >= 4 is 7.60 Å². The summed E-state index contributed by atoms with van der Waals surface area (Å²) < 4.78 is 16.3. The third kappa shape index (κ3) is 10.2. The van der Waals surface area contributed by atoms with Crippen LogP contribution in [0.4, 0.5) is 0 Å². The predicted octanol–water partition coefficient (Wildman–Crippen LogP) is -7.48. The molecule has 0 radical (unpaired) electrons. The van der Waals surface area contributed by atoms with Crippen LogP contribution in [0, 0.1) is 6.92 Å². The first-order valence-electron chi connectivity index (χ1n) is 5.69. The van der Waals surface area contributed by atoms with Gasteiger partial charge in [0.15, 0.2) is 0 Å². The van der Waals surface area contributed by atoms with Gasteiger partial charge in [0, 0.05) is 24.9 Å². The van der Waals surface area contributed by atoms with Crippen LogP contribution >= 0.6 is 7.60 Å². The SMILES string of the molecule is Cc1cn(CCCCOCP(=O)([O-])[O-])c(=O)[nH]c1=O.[Na+].[Na+]. The molecule has 108 valence electrons. The smallest absolute Gasteiger partial charge is 0.809 e. The molecule has 0 unspecified atom stereocenters. The molecule has 0 saturated heterocycles. The Balaban J connectivity index is 0. The summed E-state index contributed by atoms with van der Waals surface area (Å²) >= 11 is 0. The fourth-order valence-corrected chi connectivity index (χ4v) is 1.80. The fraction of sp³-hybridized carbons (Fsp3) is 0.600. The summed E-state index contributed by atoms with van der Waals surface area (Å²) in [6.07, 6.45) is 1.72. The average molecular weight is 336 g/mol. The van der Waals surface area contributed by atoms with Crippen LogP contribution in [0.3, 0.4) is 0 Å². The summed E-state index contributed by atoms with van der Waals surface area (Å²) in [5.41, 5.74) is -0.458. The number of hydrogen-bond donors (Lipinski definition) is 1. The molecule has 0 aliphatic carbocycles. The van der Waals surface area contributed by atoms with E-state index in [0.29, 0.717) is 24.9 Å². The topological polar surface area (TPSA) is 127 Å². The number of H-pyrrole nitrogens is 1. The largest absolute Gasteiger partial charge is 1.00 e. The Morgan fingerprint density at radius 1 is 1.29 bits per heavy atom. The molecule has 0 bridgehead atoms. The minimum absolute atomic E-state index is 0. The summed E-state index contributed by atoms with van der Waals surface area (Å²) in [7, 11) is -4.61. The third-order valence-corrected chi connectivity index (χ3v) is 2.87. The molecule has 0 spiro atoms. The minimum Gasteiger partial charge on any atom is -0.809 e. The maximum atomic E-state index is 11.4. The number of aromatic nitrogens is 2. The van der Waals surface area contributed by atoms with Crippen LogP contribution in [0.15, 0.2) is 15.8 Å². The van der Waals surface area contributed by atoms with Gasteiger partial charge < -0.3 is 23.7 Å². The zero-order valence-corrected chi connectivity index (χ0v) is 17.4. The van der Waals surface area contributed by atoms with Crippen molar-refractivity contribution in [3.8, 4) is 0 Å². The molecule has 0 aliphatic heterocycles. The second-order valence-electron chi connectivity index (χ2n) is 4.12. The van der Waals surface area contributed by atoms with Crippen LogP contribution in [-0.2, 0) is 15.8 Å². The Kier molecular flexibility index (Phi) is 13.0. The molecule has 11 heteroatoms. The number of aryl methyl sites for hydroxylation is 2. The molecule has 0 fully saturated rings. The van der Waals surface area contributed by atoms with E-state index in [0.717, 1.165) is 0 Å². The first-order chi connectivity index (χ1) is 8.79. The number of unbranched alkanes of at least 4 members (excludes halogenated alkanes) is 1. The second-order valence-corrected chi connectivity index (χ2v) is 5.60. The zero-order valence-electron chi connectivity index (χ0n) is 12.5. The number of nitrogens with one attached hydrogen (secondary N) is 1. The van der Waals surface area contributed by atoms with Crippen molar-refractivity contribution in [2.45, 2.75) is 26.3 Å². The molecule has 0 amide bonds. The third-order valence-electron chi connectivity index (χ3n) is 2.38. The maximum Gasteiger partial charge on any atom is 1.00 e. The van der Waals surface area contributed by atoms with Crippen LogP contribution < -0.4 is 80.2 Å². The van der Waals surface area contributed by atoms with Gasteiger partial charge in [0.05, 0.1) is 6.35 Å². The van der Waals surface area contributed by atoms with Gasteiger partial charge in [-0.1, -0.05) is 0 Å². The summed E-state index contributed by atoms with van der Waals surface area (Å²) in [6.45, 7) is 2.11. The van der Waals surface area contributed by atoms with E-state index < -0.39 is 25.2 Å². The van der Waals surface area contributed by atoms with E-state index in [4.69, 9.17) is 0 Å².